The highest BCUT2D eigenvalue weighted by molar-refractivity contribution is 5.75. The first-order valence-electron chi connectivity index (χ1n) is 5.44. The number of aliphatic hydroxyl groups is 1. The number of aliphatic carboxylic acids is 1. The van der Waals surface area contributed by atoms with Crippen molar-refractivity contribution in [2.75, 3.05) is 19.6 Å². The van der Waals surface area contributed by atoms with Crippen LogP contribution < -0.4 is 5.32 Å². The van der Waals surface area contributed by atoms with E-state index in [1.54, 1.807) is 4.90 Å². The summed E-state index contributed by atoms with van der Waals surface area (Å²) in [6, 6.07) is -0.179. The second-order valence-corrected chi connectivity index (χ2v) is 4.21. The normalized spacial score (nSPS) is 21.9. The minimum Gasteiger partial charge on any atom is -0.479 e. The molecule has 92 valence electrons. The molecule has 1 saturated heterocycles. The average molecular weight is 230 g/mol. The predicted octanol–water partition coefficient (Wildman–Crippen LogP) is -0.127. The Morgan fingerprint density at radius 1 is 1.56 bits per heavy atom. The zero-order valence-electron chi connectivity index (χ0n) is 9.35. The molecule has 16 heavy (non-hydrogen) atoms. The molecule has 3 N–H and O–H groups in total. The maximum Gasteiger partial charge on any atom is 0.332 e. The zero-order valence-corrected chi connectivity index (χ0v) is 9.35. The van der Waals surface area contributed by atoms with Gasteiger partial charge in [0.05, 0.1) is 0 Å². The van der Waals surface area contributed by atoms with Crippen molar-refractivity contribution in [3.63, 3.8) is 0 Å². The molecule has 1 rings (SSSR count). The van der Waals surface area contributed by atoms with Crippen LogP contribution in [0.2, 0.25) is 0 Å². The number of carboxylic acids is 1. The quantitative estimate of drug-likeness (QED) is 0.627. The molecule has 6 heteroatoms. The van der Waals surface area contributed by atoms with E-state index in [9.17, 15) is 9.59 Å². The monoisotopic (exact) mass is 230 g/mol. The van der Waals surface area contributed by atoms with E-state index in [4.69, 9.17) is 10.2 Å². The lowest BCUT2D eigenvalue weighted by molar-refractivity contribution is -0.146. The number of rotatable bonds is 4. The van der Waals surface area contributed by atoms with Crippen LogP contribution in [-0.2, 0) is 4.79 Å². The van der Waals surface area contributed by atoms with Gasteiger partial charge in [-0.2, -0.15) is 0 Å². The Morgan fingerprint density at radius 3 is 2.75 bits per heavy atom. The highest BCUT2D eigenvalue weighted by Crippen LogP contribution is 2.14. The van der Waals surface area contributed by atoms with Crippen LogP contribution in [0.1, 0.15) is 19.8 Å². The Balaban J connectivity index is 2.18. The van der Waals surface area contributed by atoms with Gasteiger partial charge in [0.15, 0.2) is 6.10 Å². The Kier molecular flexibility index (Phi) is 4.54. The molecule has 1 heterocycles. The summed E-state index contributed by atoms with van der Waals surface area (Å²) >= 11 is 0. The molecule has 1 fully saturated rings. The minimum atomic E-state index is -1.40. The molecule has 0 aromatic heterocycles. The number of aliphatic hydroxyl groups excluding tert-OH is 1. The number of likely N-dealkylation sites (tertiary alicyclic amines) is 1. The van der Waals surface area contributed by atoms with Gasteiger partial charge in [-0.05, 0) is 12.3 Å². The van der Waals surface area contributed by atoms with Gasteiger partial charge < -0.3 is 20.4 Å². The average Bonchev–Trinajstić information content (AvgIpc) is 2.64. The SMILES string of the molecule is CC1CCN(C(=O)NCCC(O)C(=O)O)C1. The zero-order chi connectivity index (χ0) is 12.1. The van der Waals surface area contributed by atoms with Crippen LogP contribution >= 0.6 is 0 Å². The summed E-state index contributed by atoms with van der Waals surface area (Å²) in [5, 5.41) is 20.0. The molecule has 1 aliphatic rings. The number of carbonyl (C=O) groups is 2. The van der Waals surface area contributed by atoms with Crippen molar-refractivity contribution in [2.24, 2.45) is 5.92 Å². The topological polar surface area (TPSA) is 89.9 Å². The van der Waals surface area contributed by atoms with Crippen molar-refractivity contribution in [2.45, 2.75) is 25.9 Å². The van der Waals surface area contributed by atoms with Crippen molar-refractivity contribution in [1.29, 1.82) is 0 Å². The van der Waals surface area contributed by atoms with E-state index in [0.717, 1.165) is 19.5 Å². The molecule has 0 saturated carbocycles. The highest BCUT2D eigenvalue weighted by atomic mass is 16.4. The molecule has 1 aliphatic heterocycles. The van der Waals surface area contributed by atoms with Gasteiger partial charge >= 0.3 is 12.0 Å². The largest absolute Gasteiger partial charge is 0.479 e. The summed E-state index contributed by atoms with van der Waals surface area (Å²) in [6.07, 6.45) is -0.367. The Bertz CT molecular complexity index is 270. The lowest BCUT2D eigenvalue weighted by Gasteiger charge is -2.17. The fraction of sp³-hybridized carbons (Fsp3) is 0.800. The van der Waals surface area contributed by atoms with E-state index in [0.29, 0.717) is 5.92 Å². The molecule has 0 radical (unpaired) electrons. The van der Waals surface area contributed by atoms with E-state index in [-0.39, 0.29) is 19.0 Å². The van der Waals surface area contributed by atoms with E-state index in [1.807, 2.05) is 0 Å². The first-order chi connectivity index (χ1) is 7.50. The second-order valence-electron chi connectivity index (χ2n) is 4.21. The smallest absolute Gasteiger partial charge is 0.332 e. The van der Waals surface area contributed by atoms with Crippen molar-refractivity contribution in [3.05, 3.63) is 0 Å². The van der Waals surface area contributed by atoms with Crippen molar-refractivity contribution in [3.8, 4) is 0 Å². The number of urea groups is 1. The molecule has 0 bridgehead atoms. The van der Waals surface area contributed by atoms with Crippen molar-refractivity contribution in [1.82, 2.24) is 10.2 Å². The van der Waals surface area contributed by atoms with Crippen LogP contribution in [0.15, 0.2) is 0 Å². The number of nitrogens with zero attached hydrogens (tertiary/aromatic N) is 1. The predicted molar refractivity (Wildman–Crippen MR) is 57.0 cm³/mol. The molecular formula is C10H18N2O4. The molecule has 0 aromatic carbocycles. The number of carboxylic acid groups (broad SMARTS) is 1. The van der Waals surface area contributed by atoms with Crippen LogP contribution in [0.3, 0.4) is 0 Å². The summed E-state index contributed by atoms with van der Waals surface area (Å²) in [5.74, 6) is -0.737. The second kappa shape index (κ2) is 5.69. The van der Waals surface area contributed by atoms with Gasteiger partial charge in [-0.1, -0.05) is 6.92 Å². The van der Waals surface area contributed by atoms with Gasteiger partial charge in [0.1, 0.15) is 0 Å². The maximum absolute atomic E-state index is 11.5. The van der Waals surface area contributed by atoms with Gasteiger partial charge in [0, 0.05) is 26.1 Å². The number of amides is 2. The molecule has 2 unspecified atom stereocenters. The molecule has 2 atom stereocenters. The van der Waals surface area contributed by atoms with E-state index < -0.39 is 12.1 Å². The first kappa shape index (κ1) is 12.8. The van der Waals surface area contributed by atoms with Gasteiger partial charge in [-0.3, -0.25) is 0 Å². The lowest BCUT2D eigenvalue weighted by atomic mass is 10.2. The summed E-state index contributed by atoms with van der Waals surface area (Å²) in [6.45, 7) is 3.75. The van der Waals surface area contributed by atoms with E-state index >= 15 is 0 Å². The number of carbonyl (C=O) groups excluding carboxylic acids is 1. The van der Waals surface area contributed by atoms with Gasteiger partial charge in [0.2, 0.25) is 0 Å². The summed E-state index contributed by atoms with van der Waals surface area (Å²) in [7, 11) is 0. The third kappa shape index (κ3) is 3.69. The Labute approximate surface area is 94.2 Å². The first-order valence-corrected chi connectivity index (χ1v) is 5.44. The number of hydrogen-bond acceptors (Lipinski definition) is 3. The van der Waals surface area contributed by atoms with Crippen molar-refractivity contribution < 1.29 is 19.8 Å². The van der Waals surface area contributed by atoms with Crippen LogP contribution in [0.25, 0.3) is 0 Å². The molecule has 0 aliphatic carbocycles. The van der Waals surface area contributed by atoms with Crippen molar-refractivity contribution >= 4 is 12.0 Å². The number of hydrogen-bond donors (Lipinski definition) is 3. The Morgan fingerprint density at radius 2 is 2.25 bits per heavy atom. The van der Waals surface area contributed by atoms with Crippen LogP contribution in [0.4, 0.5) is 4.79 Å². The number of nitrogens with one attached hydrogen (secondary N) is 1. The van der Waals surface area contributed by atoms with Crippen LogP contribution in [0, 0.1) is 5.92 Å². The fourth-order valence-corrected chi connectivity index (χ4v) is 1.67. The molecule has 2 amide bonds. The third-order valence-electron chi connectivity index (χ3n) is 2.69. The van der Waals surface area contributed by atoms with Crippen LogP contribution in [0.5, 0.6) is 0 Å². The van der Waals surface area contributed by atoms with Gasteiger partial charge in [-0.15, -0.1) is 0 Å². The molecule has 0 aromatic rings. The Hall–Kier alpha value is -1.30. The van der Waals surface area contributed by atoms with E-state index in [2.05, 4.69) is 12.2 Å². The standard InChI is InChI=1S/C10H18N2O4/c1-7-3-5-12(6-7)10(16)11-4-2-8(13)9(14)15/h7-8,13H,2-6H2,1H3,(H,11,16)(H,14,15). The van der Waals surface area contributed by atoms with Crippen LogP contribution in [-0.4, -0.2) is 52.9 Å². The summed E-state index contributed by atoms with van der Waals surface area (Å²) in [4.78, 5) is 23.5. The summed E-state index contributed by atoms with van der Waals surface area (Å²) in [5.41, 5.74) is 0. The summed E-state index contributed by atoms with van der Waals surface area (Å²) < 4.78 is 0. The van der Waals surface area contributed by atoms with Gasteiger partial charge in [0.25, 0.3) is 0 Å². The third-order valence-corrected chi connectivity index (χ3v) is 2.69. The molecule has 6 nitrogen and oxygen atoms in total. The minimum absolute atomic E-state index is 0.0322. The maximum atomic E-state index is 11.5. The fourth-order valence-electron chi connectivity index (χ4n) is 1.67. The highest BCUT2D eigenvalue weighted by Gasteiger charge is 2.23. The van der Waals surface area contributed by atoms with E-state index in [1.165, 1.54) is 0 Å². The molecule has 0 spiro atoms. The molecular weight excluding hydrogens is 212 g/mol. The lowest BCUT2D eigenvalue weighted by Crippen LogP contribution is -2.40. The van der Waals surface area contributed by atoms with Gasteiger partial charge in [-0.25, -0.2) is 9.59 Å².